The largest absolute Gasteiger partial charge is 0.224 e. The molecule has 94 valence electrons. The highest BCUT2D eigenvalue weighted by Crippen LogP contribution is 2.27. The Morgan fingerprint density at radius 1 is 1.06 bits per heavy atom. The van der Waals surface area contributed by atoms with Gasteiger partial charge in [0.15, 0.2) is 9.84 Å². The molecule has 2 nitrogen and oxygen atoms in total. The summed E-state index contributed by atoms with van der Waals surface area (Å²) >= 11 is 3.32. The van der Waals surface area contributed by atoms with Gasteiger partial charge in [-0.2, -0.15) is 0 Å². The van der Waals surface area contributed by atoms with Gasteiger partial charge in [-0.05, 0) is 43.0 Å². The molecule has 0 radical (unpaired) electrons. The van der Waals surface area contributed by atoms with Gasteiger partial charge >= 0.3 is 0 Å². The average Bonchev–Trinajstić information content (AvgIpc) is 2.30. The van der Waals surface area contributed by atoms with Gasteiger partial charge in [-0.1, -0.05) is 35.2 Å². The molecular weight excluding hydrogens is 300 g/mol. The summed E-state index contributed by atoms with van der Waals surface area (Å²) in [5, 5.41) is 0. The Hall–Kier alpha value is -0.350. The summed E-state index contributed by atoms with van der Waals surface area (Å²) in [4.78, 5) is 0.450. The zero-order valence-corrected chi connectivity index (χ0v) is 12.1. The summed E-state index contributed by atoms with van der Waals surface area (Å²) in [7, 11) is -3.10. The molecule has 1 fully saturated rings. The van der Waals surface area contributed by atoms with Gasteiger partial charge in [0.05, 0.1) is 10.6 Å². The Bertz CT molecular complexity index is 459. The topological polar surface area (TPSA) is 34.1 Å². The number of hydrogen-bond donors (Lipinski definition) is 0. The molecule has 0 amide bonds. The van der Waals surface area contributed by atoms with Crippen molar-refractivity contribution in [1.82, 2.24) is 0 Å². The van der Waals surface area contributed by atoms with Crippen LogP contribution in [-0.4, -0.2) is 14.2 Å². The minimum atomic E-state index is -3.10. The van der Waals surface area contributed by atoms with Gasteiger partial charge in [0, 0.05) is 4.47 Å². The molecule has 0 aromatic heterocycles. The van der Waals surface area contributed by atoms with Gasteiger partial charge in [-0.25, -0.2) is 8.42 Å². The molecular formula is C13H17BrO2S. The summed E-state index contributed by atoms with van der Waals surface area (Å²) in [5.41, 5.74) is 0. The third-order valence-corrected chi connectivity index (χ3v) is 5.78. The van der Waals surface area contributed by atoms with E-state index in [1.807, 2.05) is 0 Å². The van der Waals surface area contributed by atoms with Gasteiger partial charge in [0.25, 0.3) is 0 Å². The van der Waals surface area contributed by atoms with Crippen LogP contribution in [0.3, 0.4) is 0 Å². The monoisotopic (exact) mass is 316 g/mol. The molecule has 1 saturated carbocycles. The van der Waals surface area contributed by atoms with E-state index in [0.717, 1.165) is 17.3 Å². The summed E-state index contributed by atoms with van der Waals surface area (Å²) < 4.78 is 25.3. The lowest BCUT2D eigenvalue weighted by atomic mass is 9.91. The lowest BCUT2D eigenvalue weighted by molar-refractivity contribution is 0.385. The lowest BCUT2D eigenvalue weighted by Crippen LogP contribution is -2.18. The molecule has 0 N–H and O–H groups in total. The van der Waals surface area contributed by atoms with E-state index in [1.54, 1.807) is 24.3 Å². The third kappa shape index (κ3) is 3.55. The fraction of sp³-hybridized carbons (Fsp3) is 0.538. The van der Waals surface area contributed by atoms with Gasteiger partial charge in [-0.3, -0.25) is 0 Å². The van der Waals surface area contributed by atoms with Crippen LogP contribution in [0.1, 0.15) is 32.1 Å². The first kappa shape index (κ1) is 13.1. The second kappa shape index (κ2) is 5.53. The second-order valence-corrected chi connectivity index (χ2v) is 7.69. The molecule has 0 aliphatic heterocycles. The van der Waals surface area contributed by atoms with Crippen molar-refractivity contribution in [2.45, 2.75) is 37.0 Å². The van der Waals surface area contributed by atoms with Crippen molar-refractivity contribution < 1.29 is 8.42 Å². The average molecular weight is 317 g/mol. The van der Waals surface area contributed by atoms with Crippen LogP contribution < -0.4 is 0 Å². The number of benzene rings is 1. The third-order valence-electron chi connectivity index (χ3n) is 3.35. The van der Waals surface area contributed by atoms with Gasteiger partial charge in [0.2, 0.25) is 0 Å². The van der Waals surface area contributed by atoms with Crippen molar-refractivity contribution in [3.8, 4) is 0 Å². The molecule has 17 heavy (non-hydrogen) atoms. The van der Waals surface area contributed by atoms with Crippen LogP contribution in [0.25, 0.3) is 0 Å². The standard InChI is InChI=1S/C13H17BrO2S/c14-12-6-8-13(9-7-12)17(15,16)10-11-4-2-1-3-5-11/h6-9,11H,1-5,10H2. The minimum Gasteiger partial charge on any atom is -0.224 e. The van der Waals surface area contributed by atoms with Crippen molar-refractivity contribution in [3.05, 3.63) is 28.7 Å². The molecule has 0 spiro atoms. The Morgan fingerprint density at radius 2 is 1.65 bits per heavy atom. The van der Waals surface area contributed by atoms with E-state index < -0.39 is 9.84 Å². The fourth-order valence-corrected chi connectivity index (χ4v) is 4.36. The zero-order chi connectivity index (χ0) is 12.3. The summed E-state index contributed by atoms with van der Waals surface area (Å²) in [6.07, 6.45) is 5.75. The summed E-state index contributed by atoms with van der Waals surface area (Å²) in [5.74, 6) is 0.673. The highest BCUT2D eigenvalue weighted by atomic mass is 79.9. The number of hydrogen-bond acceptors (Lipinski definition) is 2. The maximum absolute atomic E-state index is 12.2. The van der Waals surface area contributed by atoms with Crippen molar-refractivity contribution in [1.29, 1.82) is 0 Å². The maximum Gasteiger partial charge on any atom is 0.178 e. The second-order valence-electron chi connectivity index (χ2n) is 4.74. The molecule has 1 aromatic carbocycles. The highest BCUT2D eigenvalue weighted by molar-refractivity contribution is 9.10. The predicted molar refractivity (Wildman–Crippen MR) is 72.8 cm³/mol. The first-order valence-corrected chi connectivity index (χ1v) is 8.51. The molecule has 2 rings (SSSR count). The van der Waals surface area contributed by atoms with Crippen LogP contribution >= 0.6 is 15.9 Å². The van der Waals surface area contributed by atoms with E-state index in [-0.39, 0.29) is 0 Å². The van der Waals surface area contributed by atoms with Crippen LogP contribution in [0.2, 0.25) is 0 Å². The molecule has 1 aliphatic carbocycles. The first-order valence-electron chi connectivity index (χ1n) is 6.06. The molecule has 0 saturated heterocycles. The highest BCUT2D eigenvalue weighted by Gasteiger charge is 2.22. The van der Waals surface area contributed by atoms with E-state index in [1.165, 1.54) is 19.3 Å². The van der Waals surface area contributed by atoms with Crippen LogP contribution in [0, 0.1) is 5.92 Å². The Kier molecular flexibility index (Phi) is 4.26. The number of halogens is 1. The Balaban J connectivity index is 2.10. The molecule has 0 heterocycles. The first-order chi connectivity index (χ1) is 8.08. The minimum absolute atomic E-state index is 0.314. The van der Waals surface area contributed by atoms with Crippen molar-refractivity contribution in [3.63, 3.8) is 0 Å². The molecule has 0 atom stereocenters. The number of rotatable bonds is 3. The van der Waals surface area contributed by atoms with E-state index in [0.29, 0.717) is 16.6 Å². The zero-order valence-electron chi connectivity index (χ0n) is 9.73. The molecule has 1 aliphatic rings. The Morgan fingerprint density at radius 3 is 2.24 bits per heavy atom. The van der Waals surface area contributed by atoms with E-state index in [9.17, 15) is 8.42 Å². The molecule has 4 heteroatoms. The quantitative estimate of drug-likeness (QED) is 0.850. The predicted octanol–water partition coefficient (Wildman–Crippen LogP) is 3.80. The van der Waals surface area contributed by atoms with Crippen molar-refractivity contribution in [2.24, 2.45) is 5.92 Å². The van der Waals surface area contributed by atoms with Gasteiger partial charge < -0.3 is 0 Å². The van der Waals surface area contributed by atoms with Crippen LogP contribution in [-0.2, 0) is 9.84 Å². The lowest BCUT2D eigenvalue weighted by Gasteiger charge is -2.21. The maximum atomic E-state index is 12.2. The van der Waals surface area contributed by atoms with E-state index >= 15 is 0 Å². The normalized spacial score (nSPS) is 18.2. The smallest absolute Gasteiger partial charge is 0.178 e. The SMILES string of the molecule is O=S(=O)(CC1CCCCC1)c1ccc(Br)cc1. The molecule has 0 bridgehead atoms. The van der Waals surface area contributed by atoms with Gasteiger partial charge in [-0.15, -0.1) is 0 Å². The Labute approximate surface area is 111 Å². The van der Waals surface area contributed by atoms with Crippen LogP contribution in [0.15, 0.2) is 33.6 Å². The fourth-order valence-electron chi connectivity index (χ4n) is 2.40. The van der Waals surface area contributed by atoms with E-state index in [4.69, 9.17) is 0 Å². The molecule has 0 unspecified atom stereocenters. The summed E-state index contributed by atoms with van der Waals surface area (Å²) in [6.45, 7) is 0. The van der Waals surface area contributed by atoms with Crippen molar-refractivity contribution in [2.75, 3.05) is 5.75 Å². The molecule has 1 aromatic rings. The van der Waals surface area contributed by atoms with Gasteiger partial charge in [0.1, 0.15) is 0 Å². The van der Waals surface area contributed by atoms with Crippen LogP contribution in [0.5, 0.6) is 0 Å². The van der Waals surface area contributed by atoms with Crippen LogP contribution in [0.4, 0.5) is 0 Å². The van der Waals surface area contributed by atoms with E-state index in [2.05, 4.69) is 15.9 Å². The summed E-state index contributed by atoms with van der Waals surface area (Å²) in [6, 6.07) is 6.94. The van der Waals surface area contributed by atoms with Crippen molar-refractivity contribution >= 4 is 25.8 Å². The number of sulfone groups is 1.